The molecule has 0 amide bonds. The van der Waals surface area contributed by atoms with Gasteiger partial charge in [0.2, 0.25) is 0 Å². The lowest BCUT2D eigenvalue weighted by Crippen LogP contribution is -2.19. The summed E-state index contributed by atoms with van der Waals surface area (Å²) in [6, 6.07) is 13.0. The van der Waals surface area contributed by atoms with Crippen molar-refractivity contribution in [3.63, 3.8) is 0 Å². The largest absolute Gasteiger partial charge is 0.497 e. The zero-order valence-corrected chi connectivity index (χ0v) is 19.1. The lowest BCUT2D eigenvalue weighted by molar-refractivity contribution is 0.413. The molecule has 1 N–H and O–H groups in total. The van der Waals surface area contributed by atoms with Gasteiger partial charge in [0.05, 0.1) is 28.2 Å². The number of nitrogens with zero attached hydrogens (tertiary/aromatic N) is 2. The Labute approximate surface area is 187 Å². The van der Waals surface area contributed by atoms with Crippen LogP contribution in [0.1, 0.15) is 0 Å². The van der Waals surface area contributed by atoms with Gasteiger partial charge in [-0.3, -0.25) is 13.9 Å². The molecule has 0 spiro atoms. The van der Waals surface area contributed by atoms with Crippen molar-refractivity contribution in [3.8, 4) is 17.2 Å². The van der Waals surface area contributed by atoms with Gasteiger partial charge in [-0.2, -0.15) is 0 Å². The first kappa shape index (κ1) is 21.3. The van der Waals surface area contributed by atoms with E-state index in [2.05, 4.69) is 4.72 Å². The third kappa shape index (κ3) is 4.01. The molecule has 162 valence electrons. The molecule has 0 fully saturated rings. The van der Waals surface area contributed by atoms with Crippen molar-refractivity contribution in [2.75, 3.05) is 11.8 Å². The maximum atomic E-state index is 12.9. The standard InChI is InChI=1S/C20H18ClN3O5S2/c1-23-15-10-14(22-31(26,27)19-9-8-18(21)30-19)17(11-16(15)24(2)20(23)25)29-13-6-4-12(28-3)5-7-13/h4-11,22H,1-3H3. The third-order valence-electron chi connectivity index (χ3n) is 4.72. The summed E-state index contributed by atoms with van der Waals surface area (Å²) >= 11 is 6.84. The second kappa shape index (κ2) is 7.95. The van der Waals surface area contributed by atoms with Crippen LogP contribution in [-0.2, 0) is 24.1 Å². The van der Waals surface area contributed by atoms with Gasteiger partial charge in [0.15, 0.2) is 5.75 Å². The topological polar surface area (TPSA) is 91.6 Å². The van der Waals surface area contributed by atoms with Crippen molar-refractivity contribution in [1.29, 1.82) is 0 Å². The molecule has 0 aliphatic rings. The maximum absolute atomic E-state index is 12.9. The molecule has 0 aliphatic heterocycles. The van der Waals surface area contributed by atoms with Crippen LogP contribution in [0.2, 0.25) is 4.34 Å². The molecule has 31 heavy (non-hydrogen) atoms. The first-order valence-corrected chi connectivity index (χ1v) is 11.7. The lowest BCUT2D eigenvalue weighted by atomic mass is 10.2. The molecule has 2 heterocycles. The predicted octanol–water partition coefficient (Wildman–Crippen LogP) is 4.19. The van der Waals surface area contributed by atoms with E-state index < -0.39 is 10.0 Å². The number of aromatic nitrogens is 2. The van der Waals surface area contributed by atoms with Gasteiger partial charge in [-0.05, 0) is 42.5 Å². The summed E-state index contributed by atoms with van der Waals surface area (Å²) in [7, 11) is 0.901. The Balaban J connectivity index is 1.83. The van der Waals surface area contributed by atoms with E-state index in [4.69, 9.17) is 21.1 Å². The second-order valence-corrected chi connectivity index (χ2v) is 10.3. The molecule has 4 aromatic rings. The number of fused-ring (bicyclic) bond motifs is 1. The Hall–Kier alpha value is -2.95. The van der Waals surface area contributed by atoms with Crippen LogP contribution in [0, 0.1) is 0 Å². The van der Waals surface area contributed by atoms with Crippen molar-refractivity contribution < 1.29 is 17.9 Å². The Morgan fingerprint density at radius 3 is 2.16 bits per heavy atom. The number of aryl methyl sites for hydroxylation is 2. The first-order chi connectivity index (χ1) is 14.7. The molecule has 0 bridgehead atoms. The molecule has 0 radical (unpaired) electrons. The molecule has 0 atom stereocenters. The molecule has 2 aromatic heterocycles. The minimum atomic E-state index is -3.91. The van der Waals surface area contributed by atoms with Crippen molar-refractivity contribution in [1.82, 2.24) is 9.13 Å². The Kier molecular flexibility index (Phi) is 5.46. The number of nitrogens with one attached hydrogen (secondary N) is 1. The van der Waals surface area contributed by atoms with Crippen LogP contribution in [0.4, 0.5) is 5.69 Å². The van der Waals surface area contributed by atoms with Crippen LogP contribution >= 0.6 is 22.9 Å². The summed E-state index contributed by atoms with van der Waals surface area (Å²) in [6.45, 7) is 0. The van der Waals surface area contributed by atoms with E-state index >= 15 is 0 Å². The summed E-state index contributed by atoms with van der Waals surface area (Å²) in [6.07, 6.45) is 0. The summed E-state index contributed by atoms with van der Waals surface area (Å²) in [5.74, 6) is 1.37. The number of anilines is 1. The van der Waals surface area contributed by atoms with E-state index in [-0.39, 0.29) is 21.3 Å². The zero-order valence-electron chi connectivity index (χ0n) is 16.7. The number of halogens is 1. The molecule has 11 heteroatoms. The number of thiophene rings is 1. The molecular formula is C20H18ClN3O5S2. The van der Waals surface area contributed by atoms with Crippen LogP contribution in [0.15, 0.2) is 57.5 Å². The highest BCUT2D eigenvalue weighted by Gasteiger charge is 2.21. The van der Waals surface area contributed by atoms with E-state index in [9.17, 15) is 13.2 Å². The number of hydrogen-bond donors (Lipinski definition) is 1. The summed E-state index contributed by atoms with van der Waals surface area (Å²) in [4.78, 5) is 12.4. The third-order valence-corrected chi connectivity index (χ3v) is 7.81. The fourth-order valence-corrected chi connectivity index (χ4v) is 5.64. The fraction of sp³-hybridized carbons (Fsp3) is 0.150. The fourth-order valence-electron chi connectivity index (χ4n) is 3.10. The molecule has 0 saturated carbocycles. The van der Waals surface area contributed by atoms with E-state index in [0.717, 1.165) is 11.3 Å². The molecule has 4 rings (SSSR count). The zero-order chi connectivity index (χ0) is 22.3. The van der Waals surface area contributed by atoms with Gasteiger partial charge in [-0.15, -0.1) is 11.3 Å². The van der Waals surface area contributed by atoms with Crippen LogP contribution in [0.25, 0.3) is 11.0 Å². The monoisotopic (exact) mass is 479 g/mol. The van der Waals surface area contributed by atoms with Gasteiger partial charge in [-0.25, -0.2) is 13.2 Å². The average Bonchev–Trinajstić information content (AvgIpc) is 3.27. The number of benzene rings is 2. The van der Waals surface area contributed by atoms with Crippen molar-refractivity contribution in [2.45, 2.75) is 4.21 Å². The Morgan fingerprint density at radius 1 is 0.968 bits per heavy atom. The highest BCUT2D eigenvalue weighted by atomic mass is 35.5. The van der Waals surface area contributed by atoms with Crippen LogP contribution in [-0.4, -0.2) is 24.7 Å². The minimum absolute atomic E-state index is 0.0648. The highest BCUT2D eigenvalue weighted by Crippen LogP contribution is 2.36. The summed E-state index contributed by atoms with van der Waals surface area (Å²) < 4.78 is 42.8. The number of rotatable bonds is 6. The molecular weight excluding hydrogens is 462 g/mol. The lowest BCUT2D eigenvalue weighted by Gasteiger charge is -2.14. The smallest absolute Gasteiger partial charge is 0.328 e. The normalized spacial score (nSPS) is 11.6. The quantitative estimate of drug-likeness (QED) is 0.447. The summed E-state index contributed by atoms with van der Waals surface area (Å²) in [5.41, 5.74) is 1.10. The number of methoxy groups -OCH3 is 1. The number of hydrogen-bond acceptors (Lipinski definition) is 6. The minimum Gasteiger partial charge on any atom is -0.497 e. The molecule has 0 saturated heterocycles. The highest BCUT2D eigenvalue weighted by molar-refractivity contribution is 7.94. The molecule has 0 unspecified atom stereocenters. The van der Waals surface area contributed by atoms with Gasteiger partial charge in [0.1, 0.15) is 15.7 Å². The Morgan fingerprint density at radius 2 is 1.58 bits per heavy atom. The van der Waals surface area contributed by atoms with E-state index in [1.54, 1.807) is 57.6 Å². The van der Waals surface area contributed by atoms with E-state index in [0.29, 0.717) is 26.9 Å². The van der Waals surface area contributed by atoms with Gasteiger partial charge in [0.25, 0.3) is 10.0 Å². The molecule has 0 aliphatic carbocycles. The average molecular weight is 480 g/mol. The van der Waals surface area contributed by atoms with E-state index in [1.807, 2.05) is 0 Å². The number of sulfonamides is 1. The predicted molar refractivity (Wildman–Crippen MR) is 121 cm³/mol. The van der Waals surface area contributed by atoms with Crippen molar-refractivity contribution in [2.24, 2.45) is 14.1 Å². The number of imidazole rings is 1. The second-order valence-electron chi connectivity index (χ2n) is 6.68. The summed E-state index contributed by atoms with van der Waals surface area (Å²) in [5, 5.41) is 0. The Bertz CT molecular complexity index is 1440. The van der Waals surface area contributed by atoms with Crippen molar-refractivity contribution in [3.05, 3.63) is 63.4 Å². The molecule has 8 nitrogen and oxygen atoms in total. The van der Waals surface area contributed by atoms with Gasteiger partial charge in [-0.1, -0.05) is 11.6 Å². The van der Waals surface area contributed by atoms with Gasteiger partial charge >= 0.3 is 5.69 Å². The van der Waals surface area contributed by atoms with Gasteiger partial charge < -0.3 is 9.47 Å². The van der Waals surface area contributed by atoms with Crippen LogP contribution < -0.4 is 19.9 Å². The van der Waals surface area contributed by atoms with Crippen LogP contribution in [0.3, 0.4) is 0 Å². The maximum Gasteiger partial charge on any atom is 0.328 e. The van der Waals surface area contributed by atoms with Gasteiger partial charge in [0, 0.05) is 20.2 Å². The SMILES string of the molecule is COc1ccc(Oc2cc3c(cc2NS(=O)(=O)c2ccc(Cl)s2)n(C)c(=O)n3C)cc1. The van der Waals surface area contributed by atoms with E-state index in [1.165, 1.54) is 21.3 Å². The van der Waals surface area contributed by atoms with Crippen molar-refractivity contribution >= 4 is 49.7 Å². The number of ether oxygens (including phenoxy) is 2. The first-order valence-electron chi connectivity index (χ1n) is 8.99. The van der Waals surface area contributed by atoms with Crippen LogP contribution in [0.5, 0.6) is 17.2 Å². The molecule has 2 aromatic carbocycles.